The van der Waals surface area contributed by atoms with Crippen molar-refractivity contribution >= 4 is 11.8 Å². The van der Waals surface area contributed by atoms with E-state index >= 15 is 0 Å². The number of unbranched alkanes of at least 4 members (excludes halogenated alkanes) is 8. The van der Waals surface area contributed by atoms with E-state index in [0.29, 0.717) is 6.61 Å². The van der Waals surface area contributed by atoms with Crippen molar-refractivity contribution in [2.45, 2.75) is 64.2 Å². The summed E-state index contributed by atoms with van der Waals surface area (Å²) in [7, 11) is 0. The highest BCUT2D eigenvalue weighted by Crippen LogP contribution is 2.13. The maximum absolute atomic E-state index is 10.1. The second-order valence-electron chi connectivity index (χ2n) is 5.79. The van der Waals surface area contributed by atoms with Crippen LogP contribution in [-0.2, 0) is 11.2 Å². The lowest BCUT2D eigenvalue weighted by atomic mass is 10.0. The van der Waals surface area contributed by atoms with E-state index in [0.717, 1.165) is 24.9 Å². The van der Waals surface area contributed by atoms with Gasteiger partial charge in [-0.05, 0) is 37.0 Å². The van der Waals surface area contributed by atoms with Gasteiger partial charge in [0, 0.05) is 5.69 Å². The molecule has 124 valence electrons. The molecular formula is C18H29NO3. The smallest absolute Gasteiger partial charge is 0.450 e. The second kappa shape index (κ2) is 11.9. The number of carboxylic acid groups (broad SMARTS) is 1. The number of aryl methyl sites for hydroxylation is 1. The summed E-state index contributed by atoms with van der Waals surface area (Å²) in [6.45, 7) is 0.333. The molecule has 1 rings (SSSR count). The largest absolute Gasteiger partial charge is 0.505 e. The van der Waals surface area contributed by atoms with E-state index in [1.807, 2.05) is 12.1 Å². The molecular weight excluding hydrogens is 278 g/mol. The van der Waals surface area contributed by atoms with Crippen LogP contribution in [0.25, 0.3) is 0 Å². The Bertz CT molecular complexity index is 421. The number of hydrogen-bond acceptors (Lipinski definition) is 3. The number of rotatable bonds is 12. The molecule has 1 aromatic rings. The Morgan fingerprint density at radius 1 is 0.955 bits per heavy atom. The summed E-state index contributed by atoms with van der Waals surface area (Å²) < 4.78 is 4.47. The maximum Gasteiger partial charge on any atom is 0.505 e. The molecule has 1 aromatic carbocycles. The van der Waals surface area contributed by atoms with Crippen LogP contribution in [0.4, 0.5) is 10.5 Å². The lowest BCUT2D eigenvalue weighted by Crippen LogP contribution is -2.01. The van der Waals surface area contributed by atoms with Gasteiger partial charge >= 0.3 is 6.16 Å². The first-order valence-electron chi connectivity index (χ1n) is 8.38. The van der Waals surface area contributed by atoms with E-state index in [9.17, 15) is 4.79 Å². The Kier molecular flexibility index (Phi) is 9.92. The summed E-state index contributed by atoms with van der Waals surface area (Å²) in [5.41, 5.74) is 7.95. The van der Waals surface area contributed by atoms with Crippen LogP contribution in [-0.4, -0.2) is 17.9 Å². The van der Waals surface area contributed by atoms with Crippen LogP contribution in [0.1, 0.15) is 63.4 Å². The predicted molar refractivity (Wildman–Crippen MR) is 90.1 cm³/mol. The third kappa shape index (κ3) is 10.1. The highest BCUT2D eigenvalue weighted by Gasteiger charge is 1.97. The van der Waals surface area contributed by atoms with Crippen LogP contribution in [0, 0.1) is 0 Å². The highest BCUT2D eigenvalue weighted by molar-refractivity contribution is 5.56. The molecule has 0 bridgehead atoms. The first kappa shape index (κ1) is 18.3. The van der Waals surface area contributed by atoms with E-state index in [2.05, 4.69) is 16.9 Å². The average molecular weight is 307 g/mol. The molecule has 0 amide bonds. The fourth-order valence-electron chi connectivity index (χ4n) is 2.58. The average Bonchev–Trinajstić information content (AvgIpc) is 2.48. The molecule has 0 unspecified atom stereocenters. The van der Waals surface area contributed by atoms with Gasteiger partial charge in [-0.2, -0.15) is 0 Å². The van der Waals surface area contributed by atoms with Crippen LogP contribution >= 0.6 is 0 Å². The molecule has 0 aliphatic heterocycles. The van der Waals surface area contributed by atoms with Crippen molar-refractivity contribution in [2.24, 2.45) is 0 Å². The maximum atomic E-state index is 10.1. The highest BCUT2D eigenvalue weighted by atomic mass is 16.7. The third-order valence-corrected chi connectivity index (χ3v) is 3.79. The van der Waals surface area contributed by atoms with Crippen molar-refractivity contribution in [1.29, 1.82) is 0 Å². The second-order valence-corrected chi connectivity index (χ2v) is 5.79. The standard InChI is InChI=1S/C18H29NO3/c19-17-13-10-12-16(15-17)11-8-6-4-2-1-3-5-7-9-14-22-18(20)21/h10,12-13,15H,1-9,11,14,19H2,(H,20,21). The first-order valence-corrected chi connectivity index (χ1v) is 8.38. The van der Waals surface area contributed by atoms with Gasteiger partial charge in [0.25, 0.3) is 0 Å². The fourth-order valence-corrected chi connectivity index (χ4v) is 2.58. The first-order chi connectivity index (χ1) is 10.7. The van der Waals surface area contributed by atoms with Crippen LogP contribution in [0.2, 0.25) is 0 Å². The Morgan fingerprint density at radius 3 is 2.14 bits per heavy atom. The minimum absolute atomic E-state index is 0.333. The molecule has 0 spiro atoms. The normalized spacial score (nSPS) is 10.5. The zero-order valence-corrected chi connectivity index (χ0v) is 13.4. The molecule has 0 saturated carbocycles. The summed E-state index contributed by atoms with van der Waals surface area (Å²) in [4.78, 5) is 10.1. The topological polar surface area (TPSA) is 72.5 Å². The summed E-state index contributed by atoms with van der Waals surface area (Å²) in [5.74, 6) is 0. The number of nitrogen functional groups attached to an aromatic ring is 1. The van der Waals surface area contributed by atoms with Crippen LogP contribution < -0.4 is 5.73 Å². The Morgan fingerprint density at radius 2 is 1.55 bits per heavy atom. The van der Waals surface area contributed by atoms with Crippen molar-refractivity contribution in [2.75, 3.05) is 12.3 Å². The van der Waals surface area contributed by atoms with Crippen molar-refractivity contribution in [3.05, 3.63) is 29.8 Å². The number of nitrogens with two attached hydrogens (primary N) is 1. The number of ether oxygens (including phenoxy) is 1. The number of hydrogen-bond donors (Lipinski definition) is 2. The predicted octanol–water partition coefficient (Wildman–Crippen LogP) is 5.02. The minimum atomic E-state index is -1.17. The molecule has 0 saturated heterocycles. The van der Waals surface area contributed by atoms with Gasteiger partial charge < -0.3 is 15.6 Å². The van der Waals surface area contributed by atoms with Crippen LogP contribution in [0.5, 0.6) is 0 Å². The molecule has 22 heavy (non-hydrogen) atoms. The van der Waals surface area contributed by atoms with E-state index in [4.69, 9.17) is 10.8 Å². The third-order valence-electron chi connectivity index (χ3n) is 3.79. The lowest BCUT2D eigenvalue weighted by molar-refractivity contribution is 0.0899. The molecule has 4 nitrogen and oxygen atoms in total. The van der Waals surface area contributed by atoms with Gasteiger partial charge in [-0.25, -0.2) is 4.79 Å². The molecule has 0 atom stereocenters. The number of benzene rings is 1. The Labute approximate surface area is 133 Å². The molecule has 3 N–H and O–H groups in total. The molecule has 0 fully saturated rings. The van der Waals surface area contributed by atoms with Crippen molar-refractivity contribution in [3.63, 3.8) is 0 Å². The molecule has 0 heterocycles. The summed E-state index contributed by atoms with van der Waals surface area (Å²) in [6, 6.07) is 8.15. The van der Waals surface area contributed by atoms with Gasteiger partial charge in [0.1, 0.15) is 0 Å². The van der Waals surface area contributed by atoms with Crippen LogP contribution in [0.3, 0.4) is 0 Å². The van der Waals surface area contributed by atoms with Gasteiger partial charge in [-0.3, -0.25) is 0 Å². The van der Waals surface area contributed by atoms with Crippen molar-refractivity contribution in [1.82, 2.24) is 0 Å². The molecule has 0 aliphatic rings. The zero-order chi connectivity index (χ0) is 16.0. The minimum Gasteiger partial charge on any atom is -0.450 e. The zero-order valence-electron chi connectivity index (χ0n) is 13.4. The van der Waals surface area contributed by atoms with Gasteiger partial charge in [0.15, 0.2) is 0 Å². The summed E-state index contributed by atoms with van der Waals surface area (Å²) in [6.07, 6.45) is 10.6. The summed E-state index contributed by atoms with van der Waals surface area (Å²) >= 11 is 0. The van der Waals surface area contributed by atoms with Gasteiger partial charge in [-0.15, -0.1) is 0 Å². The van der Waals surface area contributed by atoms with Crippen molar-refractivity contribution in [3.8, 4) is 0 Å². The molecule has 4 heteroatoms. The molecule has 0 radical (unpaired) electrons. The van der Waals surface area contributed by atoms with E-state index in [1.54, 1.807) is 0 Å². The van der Waals surface area contributed by atoms with Crippen LogP contribution in [0.15, 0.2) is 24.3 Å². The SMILES string of the molecule is Nc1cccc(CCCCCCCCCCCOC(=O)O)c1. The lowest BCUT2D eigenvalue weighted by Gasteiger charge is -2.04. The number of carbonyl (C=O) groups is 1. The summed E-state index contributed by atoms with van der Waals surface area (Å²) in [5, 5.41) is 8.31. The van der Waals surface area contributed by atoms with E-state index in [1.165, 1.54) is 50.5 Å². The molecule has 0 aliphatic carbocycles. The van der Waals surface area contributed by atoms with E-state index in [-0.39, 0.29) is 0 Å². The molecule has 0 aromatic heterocycles. The monoisotopic (exact) mass is 307 g/mol. The fraction of sp³-hybridized carbons (Fsp3) is 0.611. The Hall–Kier alpha value is -1.71. The Balaban J connectivity index is 1.83. The number of anilines is 1. The quantitative estimate of drug-likeness (QED) is 0.323. The van der Waals surface area contributed by atoms with Gasteiger partial charge in [-0.1, -0.05) is 57.1 Å². The van der Waals surface area contributed by atoms with E-state index < -0.39 is 6.16 Å². The van der Waals surface area contributed by atoms with Gasteiger partial charge in [0.05, 0.1) is 6.61 Å². The van der Waals surface area contributed by atoms with Crippen molar-refractivity contribution < 1.29 is 14.6 Å². The van der Waals surface area contributed by atoms with Gasteiger partial charge in [0.2, 0.25) is 0 Å².